The summed E-state index contributed by atoms with van der Waals surface area (Å²) < 4.78 is 5.38. The van der Waals surface area contributed by atoms with Gasteiger partial charge in [0, 0.05) is 12.6 Å². The van der Waals surface area contributed by atoms with E-state index in [-0.39, 0.29) is 5.84 Å². The Bertz CT molecular complexity index is 196. The van der Waals surface area contributed by atoms with E-state index in [4.69, 9.17) is 15.7 Å². The molecule has 14 heavy (non-hydrogen) atoms. The third-order valence-corrected chi connectivity index (χ3v) is 2.51. The van der Waals surface area contributed by atoms with Gasteiger partial charge in [-0.1, -0.05) is 5.16 Å². The van der Waals surface area contributed by atoms with Gasteiger partial charge in [-0.3, -0.25) is 4.90 Å². The van der Waals surface area contributed by atoms with E-state index in [0.29, 0.717) is 12.6 Å². The molecule has 82 valence electrons. The minimum absolute atomic E-state index is 0.272. The average molecular weight is 201 g/mol. The van der Waals surface area contributed by atoms with Crippen molar-refractivity contribution in [3.63, 3.8) is 0 Å². The predicted molar refractivity (Wildman–Crippen MR) is 54.5 cm³/mol. The monoisotopic (exact) mass is 201 g/mol. The summed E-state index contributed by atoms with van der Waals surface area (Å²) in [6.45, 7) is 5.02. The fraction of sp³-hybridized carbons (Fsp3) is 0.889. The lowest BCUT2D eigenvalue weighted by molar-refractivity contribution is 0.0909. The van der Waals surface area contributed by atoms with Crippen molar-refractivity contribution in [2.45, 2.75) is 25.8 Å². The Balaban J connectivity index is 2.35. The van der Waals surface area contributed by atoms with Crippen molar-refractivity contribution in [2.75, 3.05) is 26.3 Å². The summed E-state index contributed by atoms with van der Waals surface area (Å²) >= 11 is 0. The summed E-state index contributed by atoms with van der Waals surface area (Å²) in [5.74, 6) is 0.272. The second-order valence-electron chi connectivity index (χ2n) is 3.52. The molecule has 1 fully saturated rings. The molecule has 5 nitrogen and oxygen atoms in total. The summed E-state index contributed by atoms with van der Waals surface area (Å²) in [5.41, 5.74) is 5.46. The fourth-order valence-electron chi connectivity index (χ4n) is 1.79. The number of nitrogens with two attached hydrogens (primary N) is 1. The summed E-state index contributed by atoms with van der Waals surface area (Å²) in [6.07, 6.45) is 2.30. The standard InChI is InChI=1S/C9H19N3O2/c1-2-14-7-8-4-3-5-12(8)6-9(10)11-13/h8,13H,2-7H2,1H3,(H2,10,11). The van der Waals surface area contributed by atoms with Crippen molar-refractivity contribution in [3.05, 3.63) is 0 Å². The number of oxime groups is 1. The number of ether oxygens (including phenoxy) is 1. The Morgan fingerprint density at radius 3 is 3.14 bits per heavy atom. The number of likely N-dealkylation sites (tertiary alicyclic amines) is 1. The summed E-state index contributed by atoms with van der Waals surface area (Å²) in [4.78, 5) is 2.20. The van der Waals surface area contributed by atoms with E-state index in [1.54, 1.807) is 0 Å². The molecule has 1 unspecified atom stereocenters. The van der Waals surface area contributed by atoms with Gasteiger partial charge in [-0.2, -0.15) is 0 Å². The van der Waals surface area contributed by atoms with Gasteiger partial charge in [0.05, 0.1) is 13.2 Å². The lowest BCUT2D eigenvalue weighted by Gasteiger charge is -2.23. The third kappa shape index (κ3) is 3.16. The highest BCUT2D eigenvalue weighted by atomic mass is 16.5. The molecule has 0 radical (unpaired) electrons. The van der Waals surface area contributed by atoms with E-state index in [2.05, 4.69) is 10.1 Å². The van der Waals surface area contributed by atoms with E-state index in [9.17, 15) is 0 Å². The minimum Gasteiger partial charge on any atom is -0.409 e. The van der Waals surface area contributed by atoms with Gasteiger partial charge >= 0.3 is 0 Å². The third-order valence-electron chi connectivity index (χ3n) is 2.51. The molecule has 3 N–H and O–H groups in total. The molecule has 0 saturated carbocycles. The van der Waals surface area contributed by atoms with E-state index in [1.807, 2.05) is 6.92 Å². The van der Waals surface area contributed by atoms with Crippen LogP contribution in [-0.4, -0.2) is 48.3 Å². The molecule has 1 heterocycles. The Morgan fingerprint density at radius 2 is 2.50 bits per heavy atom. The van der Waals surface area contributed by atoms with Crippen LogP contribution >= 0.6 is 0 Å². The molecular weight excluding hydrogens is 182 g/mol. The number of hydrogen-bond acceptors (Lipinski definition) is 4. The van der Waals surface area contributed by atoms with Crippen LogP contribution in [0.25, 0.3) is 0 Å². The maximum absolute atomic E-state index is 8.46. The second-order valence-corrected chi connectivity index (χ2v) is 3.52. The normalized spacial score (nSPS) is 24.4. The van der Waals surface area contributed by atoms with Crippen molar-refractivity contribution in [2.24, 2.45) is 10.9 Å². The molecule has 0 aliphatic carbocycles. The van der Waals surface area contributed by atoms with Crippen LogP contribution in [0.2, 0.25) is 0 Å². The maximum atomic E-state index is 8.46. The van der Waals surface area contributed by atoms with E-state index in [0.717, 1.165) is 32.6 Å². The van der Waals surface area contributed by atoms with Crippen molar-refractivity contribution >= 4 is 5.84 Å². The van der Waals surface area contributed by atoms with Crippen LogP contribution in [0.15, 0.2) is 5.16 Å². The van der Waals surface area contributed by atoms with Crippen LogP contribution in [-0.2, 0) is 4.74 Å². The topological polar surface area (TPSA) is 71.1 Å². The smallest absolute Gasteiger partial charge is 0.153 e. The highest BCUT2D eigenvalue weighted by Gasteiger charge is 2.24. The molecule has 5 heteroatoms. The van der Waals surface area contributed by atoms with Crippen LogP contribution in [0, 0.1) is 0 Å². The average Bonchev–Trinajstić information content (AvgIpc) is 2.62. The first kappa shape index (κ1) is 11.3. The highest BCUT2D eigenvalue weighted by Crippen LogP contribution is 2.16. The van der Waals surface area contributed by atoms with Crippen LogP contribution in [0.3, 0.4) is 0 Å². The molecule has 0 bridgehead atoms. The number of nitrogens with zero attached hydrogens (tertiary/aromatic N) is 2. The highest BCUT2D eigenvalue weighted by molar-refractivity contribution is 5.81. The van der Waals surface area contributed by atoms with E-state index in [1.165, 1.54) is 0 Å². The second kappa shape index (κ2) is 5.82. The number of amidine groups is 1. The summed E-state index contributed by atoms with van der Waals surface area (Å²) in [6, 6.07) is 0.426. The zero-order valence-electron chi connectivity index (χ0n) is 8.65. The summed E-state index contributed by atoms with van der Waals surface area (Å²) in [7, 11) is 0. The molecule has 1 aliphatic heterocycles. The van der Waals surface area contributed by atoms with Crippen molar-refractivity contribution in [3.8, 4) is 0 Å². The Hall–Kier alpha value is -0.810. The van der Waals surface area contributed by atoms with Crippen LogP contribution < -0.4 is 5.73 Å². The van der Waals surface area contributed by atoms with Crippen molar-refractivity contribution in [1.82, 2.24) is 4.90 Å². The Morgan fingerprint density at radius 1 is 1.71 bits per heavy atom. The Labute approximate surface area is 84.5 Å². The van der Waals surface area contributed by atoms with Crippen LogP contribution in [0.1, 0.15) is 19.8 Å². The molecule has 0 amide bonds. The zero-order chi connectivity index (χ0) is 10.4. The number of rotatable bonds is 5. The lowest BCUT2D eigenvalue weighted by Crippen LogP contribution is -2.39. The van der Waals surface area contributed by atoms with Gasteiger partial charge < -0.3 is 15.7 Å². The molecule has 0 aromatic carbocycles. The van der Waals surface area contributed by atoms with Crippen molar-refractivity contribution < 1.29 is 9.94 Å². The van der Waals surface area contributed by atoms with Gasteiger partial charge in [0.15, 0.2) is 5.84 Å². The summed E-state index contributed by atoms with van der Waals surface area (Å²) in [5, 5.41) is 11.4. The molecule has 1 saturated heterocycles. The number of hydrogen-bond donors (Lipinski definition) is 2. The van der Waals surface area contributed by atoms with Gasteiger partial charge in [-0.05, 0) is 26.3 Å². The van der Waals surface area contributed by atoms with E-state index < -0.39 is 0 Å². The lowest BCUT2D eigenvalue weighted by atomic mass is 10.2. The molecule has 0 aromatic rings. The Kier molecular flexibility index (Phi) is 4.69. The fourth-order valence-corrected chi connectivity index (χ4v) is 1.79. The molecular formula is C9H19N3O2. The maximum Gasteiger partial charge on any atom is 0.153 e. The van der Waals surface area contributed by atoms with Gasteiger partial charge in [0.2, 0.25) is 0 Å². The minimum atomic E-state index is 0.272. The molecule has 0 aromatic heterocycles. The van der Waals surface area contributed by atoms with Gasteiger partial charge in [-0.15, -0.1) is 0 Å². The van der Waals surface area contributed by atoms with Gasteiger partial charge in [0.1, 0.15) is 0 Å². The SMILES string of the molecule is CCOCC1CCCN1C/C(N)=N/O. The van der Waals surface area contributed by atoms with Gasteiger partial charge in [-0.25, -0.2) is 0 Å². The first-order valence-electron chi connectivity index (χ1n) is 5.06. The zero-order valence-corrected chi connectivity index (χ0v) is 8.65. The van der Waals surface area contributed by atoms with E-state index >= 15 is 0 Å². The van der Waals surface area contributed by atoms with Crippen molar-refractivity contribution in [1.29, 1.82) is 0 Å². The van der Waals surface area contributed by atoms with Gasteiger partial charge in [0.25, 0.3) is 0 Å². The molecule has 1 rings (SSSR count). The quantitative estimate of drug-likeness (QED) is 0.289. The first-order chi connectivity index (χ1) is 6.77. The molecule has 1 aliphatic rings. The van der Waals surface area contributed by atoms with Crippen LogP contribution in [0.5, 0.6) is 0 Å². The molecule has 1 atom stereocenters. The molecule has 0 spiro atoms. The first-order valence-corrected chi connectivity index (χ1v) is 5.06. The van der Waals surface area contributed by atoms with Crippen LogP contribution in [0.4, 0.5) is 0 Å². The largest absolute Gasteiger partial charge is 0.409 e. The predicted octanol–water partition coefficient (Wildman–Crippen LogP) is 0.234.